The van der Waals surface area contributed by atoms with Gasteiger partial charge in [0.2, 0.25) is 0 Å². The Bertz CT molecular complexity index is 432. The number of hydrogen-bond donors (Lipinski definition) is 1. The molecule has 1 aromatic rings. The van der Waals surface area contributed by atoms with Gasteiger partial charge in [-0.05, 0) is 12.0 Å². The van der Waals surface area contributed by atoms with Crippen molar-refractivity contribution in [3.05, 3.63) is 35.4 Å². The molecule has 0 saturated carbocycles. The molecule has 0 radical (unpaired) electrons. The maximum atomic E-state index is 13.5. The highest BCUT2D eigenvalue weighted by Crippen LogP contribution is 2.30. The van der Waals surface area contributed by atoms with E-state index in [1.54, 1.807) is 13.8 Å². The molecule has 18 heavy (non-hydrogen) atoms. The second-order valence-corrected chi connectivity index (χ2v) is 4.40. The molecule has 0 aliphatic carbocycles. The Kier molecular flexibility index (Phi) is 4.78. The van der Waals surface area contributed by atoms with Gasteiger partial charge in [-0.15, -0.1) is 0 Å². The molecule has 2 atom stereocenters. The molecule has 0 aliphatic heterocycles. The molecule has 1 N–H and O–H groups in total. The lowest BCUT2D eigenvalue weighted by Crippen LogP contribution is -2.28. The van der Waals surface area contributed by atoms with Gasteiger partial charge in [0.25, 0.3) is 0 Å². The summed E-state index contributed by atoms with van der Waals surface area (Å²) in [7, 11) is 1.20. The van der Waals surface area contributed by atoms with E-state index in [4.69, 9.17) is 0 Å². The molecular weight excluding hydrogens is 242 g/mol. The van der Waals surface area contributed by atoms with Crippen LogP contribution in [-0.2, 0) is 9.53 Å². The molecule has 3 nitrogen and oxygen atoms in total. The molecule has 0 aliphatic rings. The van der Waals surface area contributed by atoms with Gasteiger partial charge in [0.1, 0.15) is 11.6 Å². The Balaban J connectivity index is 3.09. The van der Waals surface area contributed by atoms with Gasteiger partial charge < -0.3 is 9.84 Å². The van der Waals surface area contributed by atoms with Crippen molar-refractivity contribution in [1.82, 2.24) is 0 Å². The summed E-state index contributed by atoms with van der Waals surface area (Å²) in [6.07, 6.45) is -1.36. The minimum absolute atomic E-state index is 0.111. The second kappa shape index (κ2) is 5.91. The lowest BCUT2D eigenvalue weighted by molar-refractivity contribution is -0.152. The standard InChI is InChI=1S/C13H16F2O3/c1-7(2)11(13(17)18-3)12(16)9-5-4-8(14)6-10(9)15/h4-7,11-12,16H,1-3H3. The van der Waals surface area contributed by atoms with Crippen molar-refractivity contribution < 1.29 is 23.4 Å². The number of esters is 1. The number of benzene rings is 1. The van der Waals surface area contributed by atoms with E-state index in [1.165, 1.54) is 7.11 Å². The average molecular weight is 258 g/mol. The number of hydrogen-bond acceptors (Lipinski definition) is 3. The highest BCUT2D eigenvalue weighted by molar-refractivity contribution is 5.73. The largest absolute Gasteiger partial charge is 0.469 e. The second-order valence-electron chi connectivity index (χ2n) is 4.40. The summed E-state index contributed by atoms with van der Waals surface area (Å²) in [6, 6.07) is 2.84. The molecule has 1 rings (SSSR count). The fourth-order valence-electron chi connectivity index (χ4n) is 1.84. The van der Waals surface area contributed by atoms with Gasteiger partial charge in [-0.1, -0.05) is 19.9 Å². The van der Waals surface area contributed by atoms with Crippen LogP contribution in [0.4, 0.5) is 8.78 Å². The summed E-state index contributed by atoms with van der Waals surface area (Å²) in [5.41, 5.74) is -0.111. The zero-order valence-electron chi connectivity index (χ0n) is 10.5. The number of ether oxygens (including phenoxy) is 1. The van der Waals surface area contributed by atoms with E-state index in [9.17, 15) is 18.7 Å². The van der Waals surface area contributed by atoms with Crippen LogP contribution in [0.25, 0.3) is 0 Å². The maximum absolute atomic E-state index is 13.5. The summed E-state index contributed by atoms with van der Waals surface area (Å²) in [4.78, 5) is 11.6. The van der Waals surface area contributed by atoms with Crippen LogP contribution in [-0.4, -0.2) is 18.2 Å². The third-order valence-electron chi connectivity index (χ3n) is 2.81. The molecule has 0 bridgehead atoms. The summed E-state index contributed by atoms with van der Waals surface area (Å²) in [6.45, 7) is 3.43. The van der Waals surface area contributed by atoms with E-state index in [0.717, 1.165) is 12.1 Å². The molecule has 2 unspecified atom stereocenters. The molecular formula is C13H16F2O3. The van der Waals surface area contributed by atoms with Gasteiger partial charge in [-0.2, -0.15) is 0 Å². The smallest absolute Gasteiger partial charge is 0.311 e. The molecule has 0 saturated heterocycles. The van der Waals surface area contributed by atoms with Crippen molar-refractivity contribution >= 4 is 5.97 Å². The summed E-state index contributed by atoms with van der Waals surface area (Å²) < 4.78 is 30.9. The van der Waals surface area contributed by atoms with Crippen LogP contribution >= 0.6 is 0 Å². The van der Waals surface area contributed by atoms with Gasteiger partial charge in [-0.3, -0.25) is 4.79 Å². The maximum Gasteiger partial charge on any atom is 0.311 e. The first-order valence-electron chi connectivity index (χ1n) is 5.59. The number of aliphatic hydroxyl groups excluding tert-OH is 1. The van der Waals surface area contributed by atoms with E-state index in [0.29, 0.717) is 6.07 Å². The van der Waals surface area contributed by atoms with Gasteiger partial charge in [0, 0.05) is 11.6 Å². The van der Waals surface area contributed by atoms with E-state index < -0.39 is 29.6 Å². The Hall–Kier alpha value is -1.49. The van der Waals surface area contributed by atoms with Gasteiger partial charge in [0.05, 0.1) is 19.1 Å². The van der Waals surface area contributed by atoms with E-state index in [2.05, 4.69) is 4.74 Å². The van der Waals surface area contributed by atoms with Gasteiger partial charge in [-0.25, -0.2) is 8.78 Å². The summed E-state index contributed by atoms with van der Waals surface area (Å²) in [5, 5.41) is 10.1. The molecule has 1 aromatic carbocycles. The Labute approximate surface area is 104 Å². The van der Waals surface area contributed by atoms with E-state index >= 15 is 0 Å². The monoisotopic (exact) mass is 258 g/mol. The van der Waals surface area contributed by atoms with Crippen LogP contribution in [0.2, 0.25) is 0 Å². The number of carbonyl (C=O) groups excluding carboxylic acids is 1. The third kappa shape index (κ3) is 3.04. The summed E-state index contributed by atoms with van der Waals surface area (Å²) >= 11 is 0. The molecule has 0 spiro atoms. The predicted molar refractivity (Wildman–Crippen MR) is 61.7 cm³/mol. The Morgan fingerprint density at radius 2 is 1.94 bits per heavy atom. The summed E-state index contributed by atoms with van der Waals surface area (Å²) in [5.74, 6) is -3.37. The van der Waals surface area contributed by atoms with Gasteiger partial charge >= 0.3 is 5.97 Å². The van der Waals surface area contributed by atoms with E-state index in [-0.39, 0.29) is 11.5 Å². The number of halogens is 2. The van der Waals surface area contributed by atoms with Crippen LogP contribution in [0, 0.1) is 23.5 Å². The van der Waals surface area contributed by atoms with Crippen molar-refractivity contribution in [2.75, 3.05) is 7.11 Å². The molecule has 0 fully saturated rings. The zero-order chi connectivity index (χ0) is 13.9. The minimum atomic E-state index is -1.36. The quantitative estimate of drug-likeness (QED) is 0.844. The lowest BCUT2D eigenvalue weighted by Gasteiger charge is -2.24. The SMILES string of the molecule is COC(=O)C(C(C)C)C(O)c1ccc(F)cc1F. The highest BCUT2D eigenvalue weighted by atomic mass is 19.1. The molecule has 5 heteroatoms. The zero-order valence-corrected chi connectivity index (χ0v) is 10.5. The lowest BCUT2D eigenvalue weighted by atomic mass is 9.86. The highest BCUT2D eigenvalue weighted by Gasteiger charge is 2.33. The van der Waals surface area contributed by atoms with Crippen LogP contribution in [0.5, 0.6) is 0 Å². The van der Waals surface area contributed by atoms with Crippen molar-refractivity contribution in [2.45, 2.75) is 20.0 Å². The van der Waals surface area contributed by atoms with Crippen molar-refractivity contribution in [3.63, 3.8) is 0 Å². The van der Waals surface area contributed by atoms with Crippen LogP contribution in [0.1, 0.15) is 25.5 Å². The first-order valence-corrected chi connectivity index (χ1v) is 5.59. The molecule has 0 aromatic heterocycles. The number of methoxy groups -OCH3 is 1. The fraction of sp³-hybridized carbons (Fsp3) is 0.462. The fourth-order valence-corrected chi connectivity index (χ4v) is 1.84. The molecule has 100 valence electrons. The topological polar surface area (TPSA) is 46.5 Å². The van der Waals surface area contributed by atoms with E-state index in [1.807, 2.05) is 0 Å². The molecule has 0 heterocycles. The molecule has 0 amide bonds. The average Bonchev–Trinajstić information content (AvgIpc) is 2.28. The Morgan fingerprint density at radius 1 is 1.33 bits per heavy atom. The first kappa shape index (κ1) is 14.6. The number of carbonyl (C=O) groups is 1. The normalized spacial score (nSPS) is 14.4. The number of rotatable bonds is 4. The Morgan fingerprint density at radius 3 is 2.39 bits per heavy atom. The van der Waals surface area contributed by atoms with Crippen molar-refractivity contribution in [3.8, 4) is 0 Å². The predicted octanol–water partition coefficient (Wildman–Crippen LogP) is 2.44. The third-order valence-corrected chi connectivity index (χ3v) is 2.81. The van der Waals surface area contributed by atoms with Crippen LogP contribution in [0.15, 0.2) is 18.2 Å². The number of aliphatic hydroxyl groups is 1. The van der Waals surface area contributed by atoms with Crippen LogP contribution < -0.4 is 0 Å². The first-order chi connectivity index (χ1) is 8.38. The van der Waals surface area contributed by atoms with Gasteiger partial charge in [0.15, 0.2) is 0 Å². The van der Waals surface area contributed by atoms with Crippen molar-refractivity contribution in [1.29, 1.82) is 0 Å². The van der Waals surface area contributed by atoms with Crippen molar-refractivity contribution in [2.24, 2.45) is 11.8 Å². The minimum Gasteiger partial charge on any atom is -0.469 e. The van der Waals surface area contributed by atoms with Crippen LogP contribution in [0.3, 0.4) is 0 Å².